The van der Waals surface area contributed by atoms with Gasteiger partial charge >= 0.3 is 0 Å². The predicted octanol–water partition coefficient (Wildman–Crippen LogP) is 1.17. The third-order valence-electron chi connectivity index (χ3n) is 2.65. The molecule has 0 amide bonds. The first kappa shape index (κ1) is 9.52. The summed E-state index contributed by atoms with van der Waals surface area (Å²) >= 11 is 0. The molecule has 0 spiro atoms. The van der Waals surface area contributed by atoms with Gasteiger partial charge in [-0.15, -0.1) is 0 Å². The minimum absolute atomic E-state index is 0.175. The number of benzene rings is 1. The highest BCUT2D eigenvalue weighted by atomic mass is 32.2. The third-order valence-corrected chi connectivity index (χ3v) is 4.27. The van der Waals surface area contributed by atoms with Crippen molar-refractivity contribution < 1.29 is 8.42 Å². The first-order valence-electron chi connectivity index (χ1n) is 4.53. The van der Waals surface area contributed by atoms with Gasteiger partial charge in [0.15, 0.2) is 9.84 Å². The van der Waals surface area contributed by atoms with E-state index in [0.717, 1.165) is 12.0 Å². The zero-order valence-corrected chi connectivity index (χ0v) is 8.79. The summed E-state index contributed by atoms with van der Waals surface area (Å²) in [6.07, 6.45) is 2.05. The van der Waals surface area contributed by atoms with Crippen molar-refractivity contribution in [2.75, 3.05) is 12.0 Å². The number of sulfone groups is 1. The molecular weight excluding hydrogens is 198 g/mol. The quantitative estimate of drug-likeness (QED) is 0.747. The van der Waals surface area contributed by atoms with Crippen LogP contribution >= 0.6 is 0 Å². The summed E-state index contributed by atoms with van der Waals surface area (Å²) in [5.41, 5.74) is 7.34. The Bertz CT molecular complexity index is 436. The lowest BCUT2D eigenvalue weighted by atomic mass is 10.1. The highest BCUT2D eigenvalue weighted by Crippen LogP contribution is 2.45. The molecule has 14 heavy (non-hydrogen) atoms. The van der Waals surface area contributed by atoms with Crippen molar-refractivity contribution in [1.82, 2.24) is 0 Å². The van der Waals surface area contributed by atoms with Crippen molar-refractivity contribution in [2.45, 2.75) is 17.6 Å². The van der Waals surface area contributed by atoms with Gasteiger partial charge in [0.25, 0.3) is 0 Å². The standard InChI is InChI=1S/C10H13NO2S/c1-14(12,13)10-6-9(10)7-2-4-8(11)5-3-7/h2-5,9-10H,6,11H2,1H3/t9-,10-/m1/s1. The molecule has 0 radical (unpaired) electrons. The fraction of sp³-hybridized carbons (Fsp3) is 0.400. The molecular formula is C10H13NO2S. The molecule has 0 saturated heterocycles. The van der Waals surface area contributed by atoms with Crippen LogP contribution in [-0.2, 0) is 9.84 Å². The van der Waals surface area contributed by atoms with Crippen molar-refractivity contribution in [2.24, 2.45) is 0 Å². The SMILES string of the molecule is CS(=O)(=O)[C@@H]1C[C@@H]1c1ccc(N)cc1. The Morgan fingerprint density at radius 3 is 2.29 bits per heavy atom. The van der Waals surface area contributed by atoms with E-state index >= 15 is 0 Å². The molecule has 1 aromatic rings. The molecule has 4 heteroatoms. The monoisotopic (exact) mass is 211 g/mol. The summed E-state index contributed by atoms with van der Waals surface area (Å²) in [5, 5.41) is -0.175. The van der Waals surface area contributed by atoms with Crippen molar-refractivity contribution in [1.29, 1.82) is 0 Å². The Hall–Kier alpha value is -1.03. The van der Waals surface area contributed by atoms with Crippen molar-refractivity contribution in [3.63, 3.8) is 0 Å². The number of anilines is 1. The Morgan fingerprint density at radius 1 is 1.29 bits per heavy atom. The van der Waals surface area contributed by atoms with Gasteiger partial charge in [-0.3, -0.25) is 0 Å². The maximum absolute atomic E-state index is 11.2. The van der Waals surface area contributed by atoms with E-state index in [0.29, 0.717) is 5.69 Å². The second-order valence-corrected chi connectivity index (χ2v) is 6.14. The summed E-state index contributed by atoms with van der Waals surface area (Å²) in [6.45, 7) is 0. The molecule has 1 aliphatic rings. The van der Waals surface area contributed by atoms with Crippen LogP contribution in [0.2, 0.25) is 0 Å². The van der Waals surface area contributed by atoms with Gasteiger partial charge in [-0.1, -0.05) is 12.1 Å². The number of rotatable bonds is 2. The van der Waals surface area contributed by atoms with Gasteiger partial charge < -0.3 is 5.73 Å². The zero-order valence-electron chi connectivity index (χ0n) is 7.97. The fourth-order valence-corrected chi connectivity index (χ4v) is 3.05. The Morgan fingerprint density at radius 2 is 1.86 bits per heavy atom. The smallest absolute Gasteiger partial charge is 0.150 e. The average molecular weight is 211 g/mol. The van der Waals surface area contributed by atoms with E-state index in [4.69, 9.17) is 5.73 Å². The largest absolute Gasteiger partial charge is 0.399 e. The molecule has 0 aliphatic heterocycles. The second-order valence-electron chi connectivity index (χ2n) is 3.88. The van der Waals surface area contributed by atoms with Crippen LogP contribution in [0.3, 0.4) is 0 Å². The molecule has 0 bridgehead atoms. The van der Waals surface area contributed by atoms with Gasteiger partial charge in [-0.05, 0) is 24.1 Å². The average Bonchev–Trinajstić information content (AvgIpc) is 2.83. The van der Waals surface area contributed by atoms with Crippen LogP contribution in [0, 0.1) is 0 Å². The maximum atomic E-state index is 11.2. The van der Waals surface area contributed by atoms with Crippen molar-refractivity contribution >= 4 is 15.5 Å². The Balaban J connectivity index is 2.18. The molecule has 2 atom stereocenters. The van der Waals surface area contributed by atoms with Crippen molar-refractivity contribution in [3.05, 3.63) is 29.8 Å². The van der Waals surface area contributed by atoms with E-state index in [1.54, 1.807) is 0 Å². The van der Waals surface area contributed by atoms with Crippen LogP contribution in [0.5, 0.6) is 0 Å². The molecule has 1 aromatic carbocycles. The van der Waals surface area contributed by atoms with Crippen LogP contribution < -0.4 is 5.73 Å². The number of hydrogen-bond acceptors (Lipinski definition) is 3. The normalized spacial score (nSPS) is 26.1. The molecule has 0 aromatic heterocycles. The maximum Gasteiger partial charge on any atom is 0.150 e. The molecule has 0 unspecified atom stereocenters. The summed E-state index contributed by atoms with van der Waals surface area (Å²) in [7, 11) is -2.87. The Labute approximate surface area is 83.9 Å². The topological polar surface area (TPSA) is 60.2 Å². The predicted molar refractivity (Wildman–Crippen MR) is 56.8 cm³/mol. The van der Waals surface area contributed by atoms with Crippen molar-refractivity contribution in [3.8, 4) is 0 Å². The van der Waals surface area contributed by atoms with Gasteiger partial charge in [-0.2, -0.15) is 0 Å². The molecule has 1 aliphatic carbocycles. The van der Waals surface area contributed by atoms with E-state index in [2.05, 4.69) is 0 Å². The lowest BCUT2D eigenvalue weighted by Crippen LogP contribution is -2.05. The lowest BCUT2D eigenvalue weighted by molar-refractivity contribution is 0.600. The Kier molecular flexibility index (Phi) is 2.03. The van der Waals surface area contributed by atoms with Gasteiger partial charge in [0.05, 0.1) is 5.25 Å². The summed E-state index contributed by atoms with van der Waals surface area (Å²) in [4.78, 5) is 0. The summed E-state index contributed by atoms with van der Waals surface area (Å²) in [6, 6.07) is 7.44. The zero-order chi connectivity index (χ0) is 10.3. The number of hydrogen-bond donors (Lipinski definition) is 1. The minimum atomic E-state index is -2.87. The van der Waals surface area contributed by atoms with E-state index in [9.17, 15) is 8.42 Å². The van der Waals surface area contributed by atoms with E-state index in [-0.39, 0.29) is 11.2 Å². The van der Waals surface area contributed by atoms with Crippen LogP contribution in [0.25, 0.3) is 0 Å². The molecule has 1 fully saturated rings. The molecule has 76 valence electrons. The van der Waals surface area contributed by atoms with Crippen LogP contribution in [0.4, 0.5) is 5.69 Å². The fourth-order valence-electron chi connectivity index (χ4n) is 1.74. The van der Waals surface area contributed by atoms with Gasteiger partial charge in [0.1, 0.15) is 0 Å². The van der Waals surface area contributed by atoms with Crippen LogP contribution in [-0.4, -0.2) is 19.9 Å². The molecule has 0 heterocycles. The van der Waals surface area contributed by atoms with Crippen LogP contribution in [0.1, 0.15) is 17.9 Å². The number of nitrogen functional groups attached to an aromatic ring is 1. The number of nitrogens with two attached hydrogens (primary N) is 1. The van der Waals surface area contributed by atoms with E-state index in [1.807, 2.05) is 24.3 Å². The molecule has 3 nitrogen and oxygen atoms in total. The second kappa shape index (κ2) is 2.98. The van der Waals surface area contributed by atoms with Gasteiger partial charge in [0.2, 0.25) is 0 Å². The first-order valence-corrected chi connectivity index (χ1v) is 6.48. The van der Waals surface area contributed by atoms with E-state index < -0.39 is 9.84 Å². The minimum Gasteiger partial charge on any atom is -0.399 e. The van der Waals surface area contributed by atoms with E-state index in [1.165, 1.54) is 6.26 Å². The summed E-state index contributed by atoms with van der Waals surface area (Å²) in [5.74, 6) is 0.186. The molecule has 2 N–H and O–H groups in total. The van der Waals surface area contributed by atoms with Crippen LogP contribution in [0.15, 0.2) is 24.3 Å². The lowest BCUT2D eigenvalue weighted by Gasteiger charge is -1.99. The van der Waals surface area contributed by atoms with Gasteiger partial charge in [0, 0.05) is 17.9 Å². The summed E-state index contributed by atoms with van der Waals surface area (Å²) < 4.78 is 22.4. The van der Waals surface area contributed by atoms with Gasteiger partial charge in [-0.25, -0.2) is 8.42 Å². The first-order chi connectivity index (χ1) is 6.48. The molecule has 2 rings (SSSR count). The highest BCUT2D eigenvalue weighted by Gasteiger charge is 2.45. The molecule has 1 saturated carbocycles. The highest BCUT2D eigenvalue weighted by molar-refractivity contribution is 7.91. The third kappa shape index (κ3) is 1.75.